The second-order valence-corrected chi connectivity index (χ2v) is 4.93. The summed E-state index contributed by atoms with van der Waals surface area (Å²) in [5, 5.41) is 0. The molecule has 2 heteroatoms. The fraction of sp³-hybridized carbons (Fsp3) is 0.600. The average Bonchev–Trinajstić information content (AvgIpc) is 2.82. The van der Waals surface area contributed by atoms with Crippen LogP contribution in [0.1, 0.15) is 52.7 Å². The number of rotatable bonds is 5. The molecule has 0 aliphatic heterocycles. The van der Waals surface area contributed by atoms with Crippen molar-refractivity contribution in [2.45, 2.75) is 52.7 Å². The number of hydrogen-bond acceptors (Lipinski definition) is 2. The molecule has 0 bridgehead atoms. The minimum atomic E-state index is 0.688. The monoisotopic (exact) mass is 254 g/mol. The Morgan fingerprint density at radius 3 is 2.53 bits per heavy atom. The second-order valence-electron chi connectivity index (χ2n) is 4.61. The number of allylic oxidation sites excluding steroid dienone is 2. The maximum atomic E-state index is 4.91. The first-order chi connectivity index (χ1) is 8.10. The predicted molar refractivity (Wildman–Crippen MR) is 79.5 cm³/mol. The number of hydrogen-bond donors (Lipinski definition) is 1. The van der Waals surface area contributed by atoms with Crippen LogP contribution in [0.15, 0.2) is 34.5 Å². The summed E-state index contributed by atoms with van der Waals surface area (Å²) in [5.41, 5.74) is 1.45. The lowest BCUT2D eigenvalue weighted by atomic mass is 10.0. The van der Waals surface area contributed by atoms with E-state index in [2.05, 4.69) is 46.4 Å². The van der Waals surface area contributed by atoms with Crippen molar-refractivity contribution in [3.63, 3.8) is 0 Å². The van der Waals surface area contributed by atoms with E-state index in [9.17, 15) is 0 Å². The molecule has 1 atom stereocenters. The molecule has 0 saturated carbocycles. The molecule has 1 aromatic rings. The Hall–Kier alpha value is -0.630. The van der Waals surface area contributed by atoms with Crippen LogP contribution in [0.5, 0.6) is 0 Å². The molecular formula is C15H26OS. The van der Waals surface area contributed by atoms with E-state index >= 15 is 0 Å². The quantitative estimate of drug-likeness (QED) is 0.541. The molecule has 1 aromatic heterocycles. The normalized spacial score (nSPS) is 11.4. The molecule has 1 heterocycles. The largest absolute Gasteiger partial charge is 0.468 e. The van der Waals surface area contributed by atoms with Crippen molar-refractivity contribution < 1.29 is 4.42 Å². The fourth-order valence-corrected chi connectivity index (χ4v) is 1.44. The van der Waals surface area contributed by atoms with Crippen LogP contribution >= 0.6 is 12.6 Å². The highest BCUT2D eigenvalue weighted by atomic mass is 32.1. The summed E-state index contributed by atoms with van der Waals surface area (Å²) in [4.78, 5) is 0. The van der Waals surface area contributed by atoms with E-state index in [1.54, 1.807) is 6.26 Å². The van der Waals surface area contributed by atoms with Gasteiger partial charge in [-0.25, -0.2) is 0 Å². The van der Waals surface area contributed by atoms with Gasteiger partial charge in [0.2, 0.25) is 0 Å². The maximum Gasteiger partial charge on any atom is 0.113 e. The molecule has 0 aromatic carbocycles. The zero-order valence-corrected chi connectivity index (χ0v) is 12.5. The van der Waals surface area contributed by atoms with Crippen molar-refractivity contribution >= 4 is 12.6 Å². The van der Waals surface area contributed by atoms with Gasteiger partial charge in [-0.1, -0.05) is 31.9 Å². The lowest BCUT2D eigenvalue weighted by molar-refractivity contribution is 0.521. The first-order valence-electron chi connectivity index (χ1n) is 6.36. The highest BCUT2D eigenvalue weighted by Crippen LogP contribution is 2.10. The fourth-order valence-electron chi connectivity index (χ4n) is 1.26. The third-order valence-corrected chi connectivity index (χ3v) is 2.96. The second kappa shape index (κ2) is 10.5. The Bertz CT molecular complexity index is 284. The smallest absolute Gasteiger partial charge is 0.113 e. The molecule has 0 fully saturated rings. The molecule has 0 aliphatic carbocycles. The molecule has 0 spiro atoms. The van der Waals surface area contributed by atoms with Crippen LogP contribution in [0.25, 0.3) is 0 Å². The van der Waals surface area contributed by atoms with Gasteiger partial charge >= 0.3 is 0 Å². The molecule has 1 nitrogen and oxygen atoms in total. The van der Waals surface area contributed by atoms with E-state index < -0.39 is 0 Å². The Morgan fingerprint density at radius 1 is 1.47 bits per heavy atom. The lowest BCUT2D eigenvalue weighted by Crippen LogP contribution is -1.89. The topological polar surface area (TPSA) is 13.1 Å². The van der Waals surface area contributed by atoms with Gasteiger partial charge in [-0.15, -0.1) is 0 Å². The summed E-state index contributed by atoms with van der Waals surface area (Å²) < 4.78 is 4.91. The predicted octanol–water partition coefficient (Wildman–Crippen LogP) is 5.49. The summed E-state index contributed by atoms with van der Waals surface area (Å²) in [6.07, 6.45) is 7.90. The summed E-state index contributed by atoms with van der Waals surface area (Å²) in [6, 6.07) is 3.75. The molecule has 98 valence electrons. The Labute approximate surface area is 112 Å². The van der Waals surface area contributed by atoms with Gasteiger partial charge in [0.25, 0.3) is 0 Å². The Morgan fingerprint density at radius 2 is 2.18 bits per heavy atom. The Balaban J connectivity index is 0.000000318. The standard InChI is InChI=1S/C10H20.C5H6OS/c1-5-10(4)8-6-7-9(2)3;7-4-5-2-1-3-6-5/h7,10H,5-6,8H2,1-4H3;1-3,7H,4H2. The highest BCUT2D eigenvalue weighted by Gasteiger charge is 1.94. The summed E-state index contributed by atoms with van der Waals surface area (Å²) in [7, 11) is 0. The molecule has 0 aliphatic rings. The van der Waals surface area contributed by atoms with E-state index in [1.165, 1.54) is 24.8 Å². The van der Waals surface area contributed by atoms with E-state index in [1.807, 2.05) is 12.1 Å². The minimum Gasteiger partial charge on any atom is -0.468 e. The maximum absolute atomic E-state index is 4.91. The lowest BCUT2D eigenvalue weighted by Gasteiger charge is -2.04. The molecule has 1 unspecified atom stereocenters. The highest BCUT2D eigenvalue weighted by molar-refractivity contribution is 7.79. The van der Waals surface area contributed by atoms with Crippen LogP contribution in [0, 0.1) is 5.92 Å². The van der Waals surface area contributed by atoms with Gasteiger partial charge in [-0.3, -0.25) is 0 Å². The summed E-state index contributed by atoms with van der Waals surface area (Å²) >= 11 is 3.98. The van der Waals surface area contributed by atoms with Crippen molar-refractivity contribution in [1.82, 2.24) is 0 Å². The van der Waals surface area contributed by atoms with Gasteiger partial charge in [0, 0.05) is 5.75 Å². The van der Waals surface area contributed by atoms with Crippen LogP contribution in [0.4, 0.5) is 0 Å². The molecule has 0 saturated heterocycles. The summed E-state index contributed by atoms with van der Waals surface area (Å²) in [5.74, 6) is 2.51. The average molecular weight is 254 g/mol. The van der Waals surface area contributed by atoms with Gasteiger partial charge < -0.3 is 4.42 Å². The van der Waals surface area contributed by atoms with Gasteiger partial charge in [-0.2, -0.15) is 12.6 Å². The first kappa shape index (κ1) is 16.4. The van der Waals surface area contributed by atoms with Crippen molar-refractivity contribution in [3.05, 3.63) is 35.8 Å². The molecule has 1 rings (SSSR count). The van der Waals surface area contributed by atoms with Crippen LogP contribution in [-0.4, -0.2) is 0 Å². The molecular weight excluding hydrogens is 228 g/mol. The zero-order chi connectivity index (χ0) is 13.1. The SMILES string of the molecule is CCC(C)CCC=C(C)C.SCc1ccco1. The van der Waals surface area contributed by atoms with Crippen molar-refractivity contribution in [3.8, 4) is 0 Å². The molecule has 0 N–H and O–H groups in total. The van der Waals surface area contributed by atoms with Crippen LogP contribution in [-0.2, 0) is 5.75 Å². The molecule has 0 radical (unpaired) electrons. The van der Waals surface area contributed by atoms with E-state index in [0.717, 1.165) is 11.7 Å². The minimum absolute atomic E-state index is 0.688. The van der Waals surface area contributed by atoms with Crippen LogP contribution in [0.3, 0.4) is 0 Å². The van der Waals surface area contributed by atoms with Gasteiger partial charge in [-0.05, 0) is 44.7 Å². The van der Waals surface area contributed by atoms with Crippen molar-refractivity contribution in [2.75, 3.05) is 0 Å². The van der Waals surface area contributed by atoms with Crippen molar-refractivity contribution in [1.29, 1.82) is 0 Å². The zero-order valence-electron chi connectivity index (χ0n) is 11.6. The van der Waals surface area contributed by atoms with Crippen LogP contribution in [0.2, 0.25) is 0 Å². The van der Waals surface area contributed by atoms with Crippen LogP contribution < -0.4 is 0 Å². The van der Waals surface area contributed by atoms with E-state index in [0.29, 0.717) is 5.75 Å². The molecule has 0 amide bonds. The van der Waals surface area contributed by atoms with Gasteiger partial charge in [0.1, 0.15) is 5.76 Å². The number of thiol groups is 1. The van der Waals surface area contributed by atoms with E-state index in [4.69, 9.17) is 4.42 Å². The van der Waals surface area contributed by atoms with Gasteiger partial charge in [0.05, 0.1) is 6.26 Å². The van der Waals surface area contributed by atoms with Gasteiger partial charge in [0.15, 0.2) is 0 Å². The number of furan rings is 1. The third-order valence-electron chi connectivity index (χ3n) is 2.64. The molecule has 17 heavy (non-hydrogen) atoms. The third kappa shape index (κ3) is 10.3. The summed E-state index contributed by atoms with van der Waals surface area (Å²) in [6.45, 7) is 8.90. The van der Waals surface area contributed by atoms with E-state index in [-0.39, 0.29) is 0 Å². The van der Waals surface area contributed by atoms with Crippen molar-refractivity contribution in [2.24, 2.45) is 5.92 Å². The first-order valence-corrected chi connectivity index (χ1v) is 7.00. The Kier molecular flexibility index (Phi) is 10.1.